The van der Waals surface area contributed by atoms with Crippen LogP contribution in [0.4, 0.5) is 5.69 Å². The Morgan fingerprint density at radius 1 is 1.20 bits per heavy atom. The molecule has 1 aromatic heterocycles. The molecule has 0 bridgehead atoms. The van der Waals surface area contributed by atoms with Crippen molar-refractivity contribution in [3.63, 3.8) is 0 Å². The summed E-state index contributed by atoms with van der Waals surface area (Å²) in [7, 11) is 0. The van der Waals surface area contributed by atoms with Crippen LogP contribution in [0.3, 0.4) is 0 Å². The predicted octanol–water partition coefficient (Wildman–Crippen LogP) is 3.84. The minimum atomic E-state index is 0.210. The van der Waals surface area contributed by atoms with Crippen LogP contribution in [0.1, 0.15) is 18.4 Å². The molecule has 2 aromatic rings. The summed E-state index contributed by atoms with van der Waals surface area (Å²) in [6, 6.07) is 10.0. The van der Waals surface area contributed by atoms with Gasteiger partial charge >= 0.3 is 0 Å². The normalized spacial score (nSPS) is 14.9. The van der Waals surface area contributed by atoms with Crippen LogP contribution in [0.5, 0.6) is 0 Å². The first kappa shape index (κ1) is 13.1. The number of anilines is 1. The van der Waals surface area contributed by atoms with E-state index in [4.69, 9.17) is 11.6 Å². The van der Waals surface area contributed by atoms with Crippen molar-refractivity contribution in [2.75, 3.05) is 11.4 Å². The van der Waals surface area contributed by atoms with Gasteiger partial charge in [-0.1, -0.05) is 23.7 Å². The van der Waals surface area contributed by atoms with Gasteiger partial charge in [0.25, 0.3) is 0 Å². The maximum absolute atomic E-state index is 11.7. The molecule has 0 radical (unpaired) electrons. The van der Waals surface area contributed by atoms with Gasteiger partial charge in [-0.15, -0.1) is 0 Å². The lowest BCUT2D eigenvalue weighted by atomic mass is 10.1. The molecule has 1 aliphatic rings. The Morgan fingerprint density at radius 3 is 2.55 bits per heavy atom. The lowest BCUT2D eigenvalue weighted by Gasteiger charge is -2.16. The molecule has 102 valence electrons. The van der Waals surface area contributed by atoms with E-state index in [0.717, 1.165) is 35.3 Å². The zero-order valence-corrected chi connectivity index (χ0v) is 12.0. The molecular formula is C16H15ClN2O. The van der Waals surface area contributed by atoms with E-state index in [2.05, 4.69) is 4.98 Å². The molecule has 0 aliphatic carbocycles. The van der Waals surface area contributed by atoms with Crippen molar-refractivity contribution in [2.24, 2.45) is 0 Å². The van der Waals surface area contributed by atoms with E-state index < -0.39 is 0 Å². The molecule has 0 unspecified atom stereocenters. The first-order valence-electron chi connectivity index (χ1n) is 6.68. The van der Waals surface area contributed by atoms with Crippen molar-refractivity contribution in [2.45, 2.75) is 19.8 Å². The standard InChI is InChI=1S/C16H15ClN2O/c1-11-9-13(10-18-16(11)17)12-4-6-14(7-5-12)19-8-2-3-15(19)20/h4-7,9-10H,2-3,8H2,1H3. The third kappa shape index (κ3) is 2.41. The van der Waals surface area contributed by atoms with Crippen molar-refractivity contribution in [3.8, 4) is 11.1 Å². The van der Waals surface area contributed by atoms with Crippen molar-refractivity contribution < 1.29 is 4.79 Å². The maximum Gasteiger partial charge on any atom is 0.227 e. The molecule has 0 N–H and O–H groups in total. The number of carbonyl (C=O) groups is 1. The van der Waals surface area contributed by atoms with Gasteiger partial charge in [-0.3, -0.25) is 4.79 Å². The number of nitrogens with zero attached hydrogens (tertiary/aromatic N) is 2. The van der Waals surface area contributed by atoms with Gasteiger partial charge in [0.15, 0.2) is 0 Å². The Labute approximate surface area is 123 Å². The first-order chi connectivity index (χ1) is 9.65. The lowest BCUT2D eigenvalue weighted by molar-refractivity contribution is -0.117. The molecule has 0 atom stereocenters. The van der Waals surface area contributed by atoms with E-state index in [-0.39, 0.29) is 5.91 Å². The number of halogens is 1. The number of rotatable bonds is 2. The molecule has 4 heteroatoms. The van der Waals surface area contributed by atoms with Crippen molar-refractivity contribution in [3.05, 3.63) is 47.2 Å². The summed E-state index contributed by atoms with van der Waals surface area (Å²) in [5.74, 6) is 0.210. The highest BCUT2D eigenvalue weighted by Crippen LogP contribution is 2.27. The average Bonchev–Trinajstić information content (AvgIpc) is 2.88. The van der Waals surface area contributed by atoms with Gasteiger partial charge in [0.2, 0.25) is 5.91 Å². The Morgan fingerprint density at radius 2 is 1.95 bits per heavy atom. The Hall–Kier alpha value is -1.87. The van der Waals surface area contributed by atoms with Crippen LogP contribution in [0.25, 0.3) is 11.1 Å². The smallest absolute Gasteiger partial charge is 0.227 e. The molecule has 1 aliphatic heterocycles. The summed E-state index contributed by atoms with van der Waals surface area (Å²) in [5, 5.41) is 0.535. The van der Waals surface area contributed by atoms with Crippen LogP contribution in [0.15, 0.2) is 36.5 Å². The van der Waals surface area contributed by atoms with Gasteiger partial charge in [-0.25, -0.2) is 4.98 Å². The fourth-order valence-corrected chi connectivity index (χ4v) is 2.57. The van der Waals surface area contributed by atoms with Crippen LogP contribution in [0, 0.1) is 6.92 Å². The van der Waals surface area contributed by atoms with Crippen molar-refractivity contribution in [1.29, 1.82) is 0 Å². The van der Waals surface area contributed by atoms with Gasteiger partial charge in [-0.2, -0.15) is 0 Å². The third-order valence-electron chi connectivity index (χ3n) is 3.60. The SMILES string of the molecule is Cc1cc(-c2ccc(N3CCCC3=O)cc2)cnc1Cl. The molecule has 1 saturated heterocycles. The van der Waals surface area contributed by atoms with E-state index in [1.165, 1.54) is 0 Å². The second kappa shape index (κ2) is 5.25. The molecule has 0 saturated carbocycles. The maximum atomic E-state index is 11.7. The number of benzene rings is 1. The minimum Gasteiger partial charge on any atom is -0.312 e. The third-order valence-corrected chi connectivity index (χ3v) is 4.00. The molecule has 3 rings (SSSR count). The number of amides is 1. The van der Waals surface area contributed by atoms with Gasteiger partial charge in [0, 0.05) is 30.4 Å². The van der Waals surface area contributed by atoms with E-state index in [9.17, 15) is 4.79 Å². The highest BCUT2D eigenvalue weighted by Gasteiger charge is 2.21. The van der Waals surface area contributed by atoms with Crippen molar-refractivity contribution in [1.82, 2.24) is 4.98 Å². The van der Waals surface area contributed by atoms with E-state index in [1.807, 2.05) is 42.2 Å². The second-order valence-corrected chi connectivity index (χ2v) is 5.39. The molecule has 1 amide bonds. The quantitative estimate of drug-likeness (QED) is 0.786. The number of pyridine rings is 1. The fourth-order valence-electron chi connectivity index (χ4n) is 2.47. The molecular weight excluding hydrogens is 272 g/mol. The topological polar surface area (TPSA) is 33.2 Å². The summed E-state index contributed by atoms with van der Waals surface area (Å²) in [6.45, 7) is 2.76. The van der Waals surface area contributed by atoms with Crippen LogP contribution in [-0.4, -0.2) is 17.4 Å². The second-order valence-electron chi connectivity index (χ2n) is 5.03. The predicted molar refractivity (Wildman–Crippen MR) is 81.0 cm³/mol. The molecule has 0 spiro atoms. The summed E-state index contributed by atoms with van der Waals surface area (Å²) in [4.78, 5) is 17.7. The summed E-state index contributed by atoms with van der Waals surface area (Å²) >= 11 is 5.94. The first-order valence-corrected chi connectivity index (χ1v) is 7.06. The van der Waals surface area contributed by atoms with Crippen LogP contribution >= 0.6 is 11.6 Å². The monoisotopic (exact) mass is 286 g/mol. The summed E-state index contributed by atoms with van der Waals surface area (Å²) < 4.78 is 0. The van der Waals surface area contributed by atoms with E-state index in [0.29, 0.717) is 11.6 Å². The van der Waals surface area contributed by atoms with Crippen LogP contribution in [0.2, 0.25) is 5.15 Å². The number of aromatic nitrogens is 1. The van der Waals surface area contributed by atoms with Gasteiger partial charge in [0.1, 0.15) is 5.15 Å². The Bertz CT molecular complexity index is 652. The zero-order valence-electron chi connectivity index (χ0n) is 11.3. The number of hydrogen-bond acceptors (Lipinski definition) is 2. The average molecular weight is 287 g/mol. The Balaban J connectivity index is 1.89. The highest BCUT2D eigenvalue weighted by atomic mass is 35.5. The number of carbonyl (C=O) groups excluding carboxylic acids is 1. The number of hydrogen-bond donors (Lipinski definition) is 0. The fraction of sp³-hybridized carbons (Fsp3) is 0.250. The number of aryl methyl sites for hydroxylation is 1. The van der Waals surface area contributed by atoms with Gasteiger partial charge < -0.3 is 4.90 Å². The van der Waals surface area contributed by atoms with Gasteiger partial charge in [-0.05, 0) is 42.7 Å². The summed E-state index contributed by atoms with van der Waals surface area (Å²) in [5.41, 5.74) is 4.04. The Kier molecular flexibility index (Phi) is 3.45. The molecule has 2 heterocycles. The van der Waals surface area contributed by atoms with Crippen LogP contribution < -0.4 is 4.90 Å². The highest BCUT2D eigenvalue weighted by molar-refractivity contribution is 6.30. The molecule has 20 heavy (non-hydrogen) atoms. The molecule has 3 nitrogen and oxygen atoms in total. The minimum absolute atomic E-state index is 0.210. The largest absolute Gasteiger partial charge is 0.312 e. The van der Waals surface area contributed by atoms with Crippen LogP contribution in [-0.2, 0) is 4.79 Å². The van der Waals surface area contributed by atoms with E-state index >= 15 is 0 Å². The zero-order chi connectivity index (χ0) is 14.1. The molecule has 1 fully saturated rings. The van der Waals surface area contributed by atoms with Gasteiger partial charge in [0.05, 0.1) is 0 Å². The molecule has 1 aromatic carbocycles. The lowest BCUT2D eigenvalue weighted by Crippen LogP contribution is -2.23. The van der Waals surface area contributed by atoms with Crippen molar-refractivity contribution >= 4 is 23.2 Å². The van der Waals surface area contributed by atoms with E-state index in [1.54, 1.807) is 6.20 Å². The summed E-state index contributed by atoms with van der Waals surface area (Å²) in [6.07, 6.45) is 3.37.